The summed E-state index contributed by atoms with van der Waals surface area (Å²) in [6.07, 6.45) is 5.60. The van der Waals surface area contributed by atoms with Crippen molar-refractivity contribution in [3.8, 4) is 5.69 Å². The van der Waals surface area contributed by atoms with Gasteiger partial charge in [-0.05, 0) is 37.1 Å². The van der Waals surface area contributed by atoms with Crippen LogP contribution in [0.3, 0.4) is 0 Å². The number of benzene rings is 1. The van der Waals surface area contributed by atoms with E-state index in [1.54, 1.807) is 13.3 Å². The number of aliphatic imine (C=N–C) groups is 1. The van der Waals surface area contributed by atoms with E-state index in [1.807, 2.05) is 21.6 Å². The Kier molecular flexibility index (Phi) is 6.38. The Morgan fingerprint density at radius 2 is 2.17 bits per heavy atom. The van der Waals surface area contributed by atoms with Crippen LogP contribution in [0, 0.1) is 0 Å². The standard InChI is InChI=1S/C21H28N8O/c1-3-22-21(23-13-16-5-8-18(9-6-16)28-12-4-11-24-28)25-17-7-10-20-26-19(15-30-2)27-29(20)14-17/h4-6,8-9,11-12,17H,3,7,10,13-15H2,1-2H3,(H2,22,23,25). The highest BCUT2D eigenvalue weighted by atomic mass is 16.5. The fourth-order valence-electron chi connectivity index (χ4n) is 3.53. The molecule has 1 aliphatic rings. The summed E-state index contributed by atoms with van der Waals surface area (Å²) in [7, 11) is 1.66. The number of aryl methyl sites for hydroxylation is 1. The molecule has 9 nitrogen and oxygen atoms in total. The predicted octanol–water partition coefficient (Wildman–Crippen LogP) is 1.68. The lowest BCUT2D eigenvalue weighted by Gasteiger charge is -2.25. The zero-order valence-electron chi connectivity index (χ0n) is 17.5. The Labute approximate surface area is 176 Å². The summed E-state index contributed by atoms with van der Waals surface area (Å²) in [4.78, 5) is 9.31. The Morgan fingerprint density at radius 3 is 2.90 bits per heavy atom. The molecule has 0 saturated heterocycles. The van der Waals surface area contributed by atoms with E-state index in [2.05, 4.69) is 57.0 Å². The van der Waals surface area contributed by atoms with E-state index in [9.17, 15) is 0 Å². The van der Waals surface area contributed by atoms with Crippen molar-refractivity contribution in [2.24, 2.45) is 4.99 Å². The normalized spacial score (nSPS) is 16.3. The zero-order chi connectivity index (χ0) is 20.8. The molecule has 0 amide bonds. The Balaban J connectivity index is 1.38. The SMILES string of the molecule is CCNC(=NCc1ccc(-n2cccn2)cc1)NC1CCc2nc(COC)nn2C1. The van der Waals surface area contributed by atoms with Crippen molar-refractivity contribution >= 4 is 5.96 Å². The summed E-state index contributed by atoms with van der Waals surface area (Å²) in [5.74, 6) is 2.59. The van der Waals surface area contributed by atoms with Crippen molar-refractivity contribution < 1.29 is 4.74 Å². The van der Waals surface area contributed by atoms with Crippen LogP contribution in [0.5, 0.6) is 0 Å². The lowest BCUT2D eigenvalue weighted by Crippen LogP contribution is -2.47. The Hall–Kier alpha value is -3.20. The molecule has 3 heterocycles. The van der Waals surface area contributed by atoms with Gasteiger partial charge in [-0.3, -0.25) is 0 Å². The molecule has 1 aromatic carbocycles. The summed E-state index contributed by atoms with van der Waals surface area (Å²) in [6.45, 7) is 4.71. The Bertz CT molecular complexity index is 962. The predicted molar refractivity (Wildman–Crippen MR) is 114 cm³/mol. The first-order valence-corrected chi connectivity index (χ1v) is 10.3. The largest absolute Gasteiger partial charge is 0.377 e. The average molecular weight is 409 g/mol. The summed E-state index contributed by atoms with van der Waals surface area (Å²) >= 11 is 0. The van der Waals surface area contributed by atoms with Crippen molar-refractivity contribution in [1.29, 1.82) is 0 Å². The number of methoxy groups -OCH3 is 1. The minimum absolute atomic E-state index is 0.259. The van der Waals surface area contributed by atoms with E-state index in [-0.39, 0.29) is 6.04 Å². The van der Waals surface area contributed by atoms with E-state index in [4.69, 9.17) is 9.73 Å². The molecule has 3 aromatic rings. The topological polar surface area (TPSA) is 94.2 Å². The van der Waals surface area contributed by atoms with Crippen LogP contribution in [0.2, 0.25) is 0 Å². The molecule has 0 spiro atoms. The van der Waals surface area contributed by atoms with Crippen LogP contribution in [-0.2, 0) is 30.9 Å². The third-order valence-corrected chi connectivity index (χ3v) is 4.99. The van der Waals surface area contributed by atoms with Crippen LogP contribution in [0.4, 0.5) is 0 Å². The minimum atomic E-state index is 0.259. The molecule has 1 aliphatic heterocycles. The monoisotopic (exact) mass is 408 g/mol. The third kappa shape index (κ3) is 4.85. The highest BCUT2D eigenvalue weighted by Gasteiger charge is 2.22. The molecule has 1 atom stereocenters. The molecular formula is C21H28N8O. The van der Waals surface area contributed by atoms with Gasteiger partial charge in [-0.2, -0.15) is 10.2 Å². The van der Waals surface area contributed by atoms with Crippen molar-refractivity contribution in [2.75, 3.05) is 13.7 Å². The molecule has 158 valence electrons. The maximum atomic E-state index is 5.14. The molecule has 0 bridgehead atoms. The molecule has 2 N–H and O–H groups in total. The average Bonchev–Trinajstić information content (AvgIpc) is 3.42. The van der Waals surface area contributed by atoms with E-state index in [1.165, 1.54) is 0 Å². The first-order chi connectivity index (χ1) is 14.7. The Morgan fingerprint density at radius 1 is 1.30 bits per heavy atom. The van der Waals surface area contributed by atoms with Gasteiger partial charge < -0.3 is 15.4 Å². The number of hydrogen-bond acceptors (Lipinski definition) is 5. The molecule has 0 aliphatic carbocycles. The van der Waals surface area contributed by atoms with Crippen molar-refractivity contribution in [3.05, 3.63) is 59.9 Å². The number of nitrogens with zero attached hydrogens (tertiary/aromatic N) is 6. The highest BCUT2D eigenvalue weighted by molar-refractivity contribution is 5.80. The number of nitrogens with one attached hydrogen (secondary N) is 2. The molecule has 0 fully saturated rings. The number of aromatic nitrogens is 5. The van der Waals surface area contributed by atoms with Crippen LogP contribution < -0.4 is 10.6 Å². The fraction of sp³-hybridized carbons (Fsp3) is 0.429. The maximum Gasteiger partial charge on any atom is 0.191 e. The number of fused-ring (bicyclic) bond motifs is 1. The van der Waals surface area contributed by atoms with Gasteiger partial charge in [0.1, 0.15) is 12.4 Å². The van der Waals surface area contributed by atoms with Gasteiger partial charge in [0.25, 0.3) is 0 Å². The van der Waals surface area contributed by atoms with Gasteiger partial charge in [0.05, 0.1) is 18.8 Å². The smallest absolute Gasteiger partial charge is 0.191 e. The van der Waals surface area contributed by atoms with E-state index < -0.39 is 0 Å². The van der Waals surface area contributed by atoms with Crippen molar-refractivity contribution in [1.82, 2.24) is 35.2 Å². The van der Waals surface area contributed by atoms with Crippen molar-refractivity contribution in [2.45, 2.75) is 45.5 Å². The maximum absolute atomic E-state index is 5.14. The molecule has 1 unspecified atom stereocenters. The second-order valence-electron chi connectivity index (χ2n) is 7.25. The molecular weight excluding hydrogens is 380 g/mol. The molecule has 30 heavy (non-hydrogen) atoms. The lowest BCUT2D eigenvalue weighted by molar-refractivity contribution is 0.177. The molecule has 4 rings (SSSR count). The van der Waals surface area contributed by atoms with Gasteiger partial charge in [0.2, 0.25) is 0 Å². The van der Waals surface area contributed by atoms with Gasteiger partial charge in [0.15, 0.2) is 11.8 Å². The van der Waals surface area contributed by atoms with Crippen LogP contribution in [0.15, 0.2) is 47.7 Å². The summed E-state index contributed by atoms with van der Waals surface area (Å²) in [5, 5.41) is 15.7. The van der Waals surface area contributed by atoms with E-state index in [0.29, 0.717) is 13.2 Å². The van der Waals surface area contributed by atoms with Gasteiger partial charge in [0, 0.05) is 38.5 Å². The summed E-state index contributed by atoms with van der Waals surface area (Å²) < 4.78 is 8.97. The van der Waals surface area contributed by atoms with Crippen LogP contribution >= 0.6 is 0 Å². The first kappa shape index (κ1) is 20.1. The van der Waals surface area contributed by atoms with Gasteiger partial charge in [-0.15, -0.1) is 0 Å². The third-order valence-electron chi connectivity index (χ3n) is 4.99. The van der Waals surface area contributed by atoms with E-state index >= 15 is 0 Å². The molecule has 9 heteroatoms. The van der Waals surface area contributed by atoms with Crippen LogP contribution in [0.25, 0.3) is 5.69 Å². The highest BCUT2D eigenvalue weighted by Crippen LogP contribution is 2.14. The number of guanidine groups is 1. The second kappa shape index (κ2) is 9.53. The second-order valence-corrected chi connectivity index (χ2v) is 7.25. The van der Waals surface area contributed by atoms with Gasteiger partial charge in [-0.1, -0.05) is 12.1 Å². The molecule has 0 radical (unpaired) electrons. The fourth-order valence-corrected chi connectivity index (χ4v) is 3.53. The van der Waals surface area contributed by atoms with Gasteiger partial charge >= 0.3 is 0 Å². The summed E-state index contributed by atoms with van der Waals surface area (Å²) in [5.41, 5.74) is 2.19. The molecule has 0 saturated carbocycles. The lowest BCUT2D eigenvalue weighted by atomic mass is 10.1. The van der Waals surface area contributed by atoms with Crippen molar-refractivity contribution in [3.63, 3.8) is 0 Å². The molecule has 2 aromatic heterocycles. The zero-order valence-corrected chi connectivity index (χ0v) is 17.5. The number of hydrogen-bond donors (Lipinski definition) is 2. The minimum Gasteiger partial charge on any atom is -0.377 e. The van der Waals surface area contributed by atoms with Crippen LogP contribution in [-0.4, -0.2) is 50.2 Å². The number of ether oxygens (including phenoxy) is 1. The first-order valence-electron chi connectivity index (χ1n) is 10.3. The van der Waals surface area contributed by atoms with E-state index in [0.717, 1.165) is 54.8 Å². The summed E-state index contributed by atoms with van der Waals surface area (Å²) in [6, 6.07) is 10.5. The number of rotatable bonds is 7. The quantitative estimate of drug-likeness (QED) is 0.456. The van der Waals surface area contributed by atoms with Crippen LogP contribution in [0.1, 0.15) is 30.6 Å². The van der Waals surface area contributed by atoms with Gasteiger partial charge in [-0.25, -0.2) is 19.3 Å².